The van der Waals surface area contributed by atoms with Crippen molar-refractivity contribution in [3.63, 3.8) is 0 Å². The zero-order chi connectivity index (χ0) is 22.1. The second kappa shape index (κ2) is 17.0. The molecule has 0 bridgehead atoms. The molecule has 29 heavy (non-hydrogen) atoms. The molecular weight excluding hydrogens is 370 g/mol. The van der Waals surface area contributed by atoms with Crippen LogP contribution in [0.1, 0.15) is 91.4 Å². The van der Waals surface area contributed by atoms with E-state index >= 15 is 0 Å². The van der Waals surface area contributed by atoms with Gasteiger partial charge in [0.05, 0.1) is 13.2 Å². The standard InChI is InChI=1S/C23H47NO5/c1-4-7-9-11-13-21(26)18-24(15-16-25,17-20(6-3)23(28)29)19-22(27)14-12-10-8-5-2/h20-22,25-27H,4-19H2,1-3H3/p+1. The van der Waals surface area contributed by atoms with Gasteiger partial charge in [0.2, 0.25) is 0 Å². The lowest BCUT2D eigenvalue weighted by Gasteiger charge is -2.42. The zero-order valence-electron chi connectivity index (χ0n) is 19.2. The Morgan fingerprint density at radius 3 is 1.62 bits per heavy atom. The van der Waals surface area contributed by atoms with Gasteiger partial charge in [-0.25, -0.2) is 0 Å². The van der Waals surface area contributed by atoms with Gasteiger partial charge in [-0.15, -0.1) is 0 Å². The molecule has 3 unspecified atom stereocenters. The number of nitrogens with zero attached hydrogens (tertiary/aromatic N) is 1. The Morgan fingerprint density at radius 1 is 0.793 bits per heavy atom. The molecule has 0 spiro atoms. The van der Waals surface area contributed by atoms with E-state index in [9.17, 15) is 25.2 Å². The summed E-state index contributed by atoms with van der Waals surface area (Å²) in [5.41, 5.74) is 0. The summed E-state index contributed by atoms with van der Waals surface area (Å²) in [6.45, 7) is 7.56. The lowest BCUT2D eigenvalue weighted by molar-refractivity contribution is -0.936. The molecule has 0 heterocycles. The second-order valence-electron chi connectivity index (χ2n) is 8.79. The van der Waals surface area contributed by atoms with E-state index in [2.05, 4.69) is 13.8 Å². The number of hydrogen-bond donors (Lipinski definition) is 4. The smallest absolute Gasteiger partial charge is 0.312 e. The highest BCUT2D eigenvalue weighted by Crippen LogP contribution is 2.21. The summed E-state index contributed by atoms with van der Waals surface area (Å²) in [5, 5.41) is 40.6. The summed E-state index contributed by atoms with van der Waals surface area (Å²) >= 11 is 0. The minimum Gasteiger partial charge on any atom is -0.481 e. The molecule has 0 aromatic rings. The maximum absolute atomic E-state index is 11.7. The molecule has 0 rings (SSSR count). The third kappa shape index (κ3) is 13.3. The van der Waals surface area contributed by atoms with Crippen molar-refractivity contribution < 1.29 is 29.7 Å². The lowest BCUT2D eigenvalue weighted by atomic mass is 10.0. The van der Waals surface area contributed by atoms with E-state index in [4.69, 9.17) is 0 Å². The molecule has 0 saturated heterocycles. The molecule has 6 nitrogen and oxygen atoms in total. The van der Waals surface area contributed by atoms with Crippen LogP contribution in [0.2, 0.25) is 0 Å². The van der Waals surface area contributed by atoms with Crippen molar-refractivity contribution in [1.29, 1.82) is 0 Å². The van der Waals surface area contributed by atoms with Gasteiger partial charge in [0.15, 0.2) is 0 Å². The number of carboxylic acids is 1. The van der Waals surface area contributed by atoms with Gasteiger partial charge in [0.25, 0.3) is 0 Å². The van der Waals surface area contributed by atoms with E-state index in [-0.39, 0.29) is 11.1 Å². The Hall–Kier alpha value is -0.690. The van der Waals surface area contributed by atoms with Gasteiger partial charge in [-0.3, -0.25) is 4.79 Å². The van der Waals surface area contributed by atoms with Crippen molar-refractivity contribution in [1.82, 2.24) is 0 Å². The van der Waals surface area contributed by atoms with Crippen LogP contribution in [-0.4, -0.2) is 75.9 Å². The number of unbranched alkanes of at least 4 members (excludes halogenated alkanes) is 6. The van der Waals surface area contributed by atoms with Crippen LogP contribution in [-0.2, 0) is 4.79 Å². The lowest BCUT2D eigenvalue weighted by Crippen LogP contribution is -2.59. The van der Waals surface area contributed by atoms with E-state index in [1.807, 2.05) is 6.92 Å². The largest absolute Gasteiger partial charge is 0.481 e. The van der Waals surface area contributed by atoms with Crippen LogP contribution >= 0.6 is 0 Å². The third-order valence-corrected chi connectivity index (χ3v) is 6.00. The summed E-state index contributed by atoms with van der Waals surface area (Å²) in [4.78, 5) is 11.7. The van der Waals surface area contributed by atoms with Crippen LogP contribution in [0.15, 0.2) is 0 Å². The summed E-state index contributed by atoms with van der Waals surface area (Å²) < 4.78 is 0.269. The molecule has 0 radical (unpaired) electrons. The van der Waals surface area contributed by atoms with Gasteiger partial charge in [-0.2, -0.15) is 0 Å². The highest BCUT2D eigenvalue weighted by molar-refractivity contribution is 5.69. The number of hydrogen-bond acceptors (Lipinski definition) is 4. The molecule has 0 aliphatic heterocycles. The fourth-order valence-electron chi connectivity index (χ4n) is 4.25. The van der Waals surface area contributed by atoms with Crippen molar-refractivity contribution >= 4 is 5.97 Å². The predicted molar refractivity (Wildman–Crippen MR) is 118 cm³/mol. The van der Waals surface area contributed by atoms with Crippen LogP contribution in [0, 0.1) is 5.92 Å². The fourth-order valence-corrected chi connectivity index (χ4v) is 4.25. The van der Waals surface area contributed by atoms with E-state index in [1.165, 1.54) is 0 Å². The maximum atomic E-state index is 11.7. The number of quaternary nitrogens is 1. The van der Waals surface area contributed by atoms with Crippen LogP contribution in [0.25, 0.3) is 0 Å². The van der Waals surface area contributed by atoms with E-state index in [0.29, 0.717) is 45.4 Å². The van der Waals surface area contributed by atoms with Crippen molar-refractivity contribution in [3.05, 3.63) is 0 Å². The summed E-state index contributed by atoms with van der Waals surface area (Å²) in [5.74, 6) is -1.39. The average molecular weight is 419 g/mol. The van der Waals surface area contributed by atoms with Crippen molar-refractivity contribution in [2.24, 2.45) is 5.92 Å². The first kappa shape index (κ1) is 28.3. The van der Waals surface area contributed by atoms with Crippen molar-refractivity contribution in [2.75, 3.05) is 32.8 Å². The summed E-state index contributed by atoms with van der Waals surface area (Å²) in [7, 11) is 0. The molecule has 3 atom stereocenters. The Labute approximate surface area is 178 Å². The zero-order valence-corrected chi connectivity index (χ0v) is 19.2. The second-order valence-corrected chi connectivity index (χ2v) is 8.79. The molecule has 174 valence electrons. The monoisotopic (exact) mass is 418 g/mol. The highest BCUT2D eigenvalue weighted by Gasteiger charge is 2.36. The van der Waals surface area contributed by atoms with Crippen LogP contribution in [0.3, 0.4) is 0 Å². The molecule has 0 aliphatic rings. The van der Waals surface area contributed by atoms with Crippen molar-refractivity contribution in [3.8, 4) is 0 Å². The first-order valence-electron chi connectivity index (χ1n) is 11.9. The quantitative estimate of drug-likeness (QED) is 0.179. The van der Waals surface area contributed by atoms with E-state index in [1.54, 1.807) is 0 Å². The molecule has 0 amide bonds. The predicted octanol–water partition coefficient (Wildman–Crippen LogP) is 3.57. The number of aliphatic carboxylic acids is 1. The third-order valence-electron chi connectivity index (χ3n) is 6.00. The van der Waals surface area contributed by atoms with Gasteiger partial charge < -0.3 is 24.9 Å². The number of rotatable bonds is 20. The van der Waals surface area contributed by atoms with E-state index < -0.39 is 24.1 Å². The Kier molecular flexibility index (Phi) is 16.6. The fraction of sp³-hybridized carbons (Fsp3) is 0.957. The normalized spacial score (nSPS) is 16.9. The van der Waals surface area contributed by atoms with Gasteiger partial charge in [-0.05, 0) is 19.3 Å². The SMILES string of the molecule is CCCCCCC(O)C[N+](CCO)(CC(O)CCCCCC)CC(CC)C(=O)O. The minimum atomic E-state index is -0.845. The minimum absolute atomic E-state index is 0.0822. The van der Waals surface area contributed by atoms with Gasteiger partial charge in [-0.1, -0.05) is 72.1 Å². The molecule has 6 heteroatoms. The van der Waals surface area contributed by atoms with Crippen LogP contribution in [0.5, 0.6) is 0 Å². The first-order chi connectivity index (χ1) is 13.8. The van der Waals surface area contributed by atoms with Gasteiger partial charge in [0, 0.05) is 0 Å². The van der Waals surface area contributed by atoms with Crippen LogP contribution in [0.4, 0.5) is 0 Å². The highest BCUT2D eigenvalue weighted by atomic mass is 16.4. The Morgan fingerprint density at radius 2 is 1.28 bits per heavy atom. The summed E-state index contributed by atoms with van der Waals surface area (Å²) in [6.07, 6.45) is 9.42. The number of aliphatic hydroxyl groups is 3. The maximum Gasteiger partial charge on any atom is 0.312 e. The molecule has 0 fully saturated rings. The number of carboxylic acid groups (broad SMARTS) is 1. The van der Waals surface area contributed by atoms with Crippen molar-refractivity contribution in [2.45, 2.75) is 104 Å². The van der Waals surface area contributed by atoms with Gasteiger partial charge in [0.1, 0.15) is 37.8 Å². The number of carbonyl (C=O) groups is 1. The van der Waals surface area contributed by atoms with E-state index in [0.717, 1.165) is 51.4 Å². The molecular formula is C23H48NO5+. The van der Waals surface area contributed by atoms with Crippen LogP contribution < -0.4 is 0 Å². The molecule has 4 N–H and O–H groups in total. The van der Waals surface area contributed by atoms with Gasteiger partial charge >= 0.3 is 5.97 Å². The molecule has 0 saturated carbocycles. The molecule has 0 aromatic carbocycles. The molecule has 0 aliphatic carbocycles. The Bertz CT molecular complexity index is 385. The average Bonchev–Trinajstić information content (AvgIpc) is 2.66. The molecule has 0 aromatic heterocycles. The summed E-state index contributed by atoms with van der Waals surface area (Å²) in [6, 6.07) is 0. The Balaban J connectivity index is 5.18. The topological polar surface area (TPSA) is 98.0 Å². The first-order valence-corrected chi connectivity index (χ1v) is 11.9. The number of aliphatic hydroxyl groups excluding tert-OH is 3.